The fourth-order valence-corrected chi connectivity index (χ4v) is 4.54. The molecule has 2 aromatic carbocycles. The predicted molar refractivity (Wildman–Crippen MR) is 97.9 cm³/mol. The quantitative estimate of drug-likeness (QED) is 0.859. The number of nitriles is 1. The van der Waals surface area contributed by atoms with E-state index in [0.717, 1.165) is 17.7 Å². The van der Waals surface area contributed by atoms with Crippen LogP contribution in [0.5, 0.6) is 0 Å². The van der Waals surface area contributed by atoms with Gasteiger partial charge in [0.25, 0.3) is 0 Å². The Kier molecular flexibility index (Phi) is 4.05. The zero-order valence-electron chi connectivity index (χ0n) is 15.2. The second kappa shape index (κ2) is 6.26. The van der Waals surface area contributed by atoms with E-state index in [4.69, 9.17) is 4.74 Å². The molecule has 0 spiro atoms. The van der Waals surface area contributed by atoms with Crippen LogP contribution < -0.4 is 4.90 Å². The first kappa shape index (κ1) is 16.8. The number of carbonyl (C=O) groups excluding carboxylic acids is 1. The van der Waals surface area contributed by atoms with Crippen LogP contribution in [0.4, 0.5) is 0 Å². The van der Waals surface area contributed by atoms with Gasteiger partial charge < -0.3 is 9.64 Å². The lowest BCUT2D eigenvalue weighted by atomic mass is 9.52. The standard InChI is InChI=1S/C22H22N2O2/c1-24(2)11-12-26-21(25)22(14-23)13-19-15-7-3-5-9-17(15)20(22)18-10-6-4-8-16(18)19/h3-10,19-20H,11-13H2,1-2H3/p+1/t19?,20?,22-/m1/s1. The third-order valence-electron chi connectivity index (χ3n) is 5.78. The van der Waals surface area contributed by atoms with Crippen LogP contribution in [0.3, 0.4) is 0 Å². The number of rotatable bonds is 4. The third-order valence-corrected chi connectivity index (χ3v) is 5.78. The molecule has 0 saturated heterocycles. The second-order valence-electron chi connectivity index (χ2n) is 7.62. The maximum absolute atomic E-state index is 13.1. The van der Waals surface area contributed by atoms with E-state index in [9.17, 15) is 10.1 Å². The Hall–Kier alpha value is -2.64. The first-order valence-corrected chi connectivity index (χ1v) is 9.13. The summed E-state index contributed by atoms with van der Waals surface area (Å²) in [7, 11) is 4.03. The molecule has 3 aliphatic rings. The number of nitrogens with one attached hydrogen (secondary N) is 1. The van der Waals surface area contributed by atoms with Gasteiger partial charge >= 0.3 is 5.97 Å². The minimum atomic E-state index is -1.14. The van der Waals surface area contributed by atoms with Gasteiger partial charge in [-0.05, 0) is 28.7 Å². The summed E-state index contributed by atoms with van der Waals surface area (Å²) < 4.78 is 5.59. The van der Waals surface area contributed by atoms with Crippen molar-refractivity contribution in [3.8, 4) is 6.07 Å². The minimum absolute atomic E-state index is 0.0686. The molecule has 0 heterocycles. The van der Waals surface area contributed by atoms with E-state index in [-0.39, 0.29) is 17.8 Å². The van der Waals surface area contributed by atoms with Crippen LogP contribution >= 0.6 is 0 Å². The summed E-state index contributed by atoms with van der Waals surface area (Å²) in [5, 5.41) is 10.1. The summed E-state index contributed by atoms with van der Waals surface area (Å²) >= 11 is 0. The monoisotopic (exact) mass is 347 g/mol. The van der Waals surface area contributed by atoms with Gasteiger partial charge in [-0.3, -0.25) is 4.79 Å². The Morgan fingerprint density at radius 3 is 2.15 bits per heavy atom. The molecule has 4 heteroatoms. The predicted octanol–water partition coefficient (Wildman–Crippen LogP) is 1.87. The van der Waals surface area contributed by atoms with Gasteiger partial charge in [-0.2, -0.15) is 5.26 Å². The lowest BCUT2D eigenvalue weighted by Gasteiger charge is -2.48. The maximum Gasteiger partial charge on any atom is 0.327 e. The van der Waals surface area contributed by atoms with Crippen LogP contribution in [0.25, 0.3) is 0 Å². The van der Waals surface area contributed by atoms with E-state index >= 15 is 0 Å². The molecule has 5 rings (SSSR count). The van der Waals surface area contributed by atoms with E-state index < -0.39 is 5.41 Å². The normalized spacial score (nSPS) is 25.3. The number of quaternary nitrogens is 1. The molecule has 1 N–H and O–H groups in total. The fourth-order valence-electron chi connectivity index (χ4n) is 4.54. The Balaban J connectivity index is 1.79. The topological polar surface area (TPSA) is 54.5 Å². The summed E-state index contributed by atoms with van der Waals surface area (Å²) in [6.07, 6.45) is 0.496. The maximum atomic E-state index is 13.1. The van der Waals surface area contributed by atoms with Gasteiger partial charge in [0.1, 0.15) is 13.2 Å². The molecule has 2 bridgehead atoms. The van der Waals surface area contributed by atoms with Gasteiger partial charge in [0.2, 0.25) is 0 Å². The number of likely N-dealkylation sites (N-methyl/N-ethyl adjacent to an activating group) is 1. The van der Waals surface area contributed by atoms with Gasteiger partial charge in [-0.1, -0.05) is 48.5 Å². The summed E-state index contributed by atoms with van der Waals surface area (Å²) in [5.74, 6) is -0.566. The van der Waals surface area contributed by atoms with Gasteiger partial charge in [-0.25, -0.2) is 0 Å². The zero-order chi connectivity index (χ0) is 18.3. The Morgan fingerprint density at radius 2 is 1.65 bits per heavy atom. The molecular formula is C22H23N2O2+. The van der Waals surface area contributed by atoms with Crippen LogP contribution in [0.1, 0.15) is 40.5 Å². The van der Waals surface area contributed by atoms with E-state index in [0.29, 0.717) is 13.0 Å². The van der Waals surface area contributed by atoms with Crippen molar-refractivity contribution >= 4 is 5.97 Å². The average Bonchev–Trinajstić information content (AvgIpc) is 2.67. The fraction of sp³-hybridized carbons (Fsp3) is 0.364. The lowest BCUT2D eigenvalue weighted by molar-refractivity contribution is -0.858. The molecule has 0 amide bonds. The number of fused-ring (bicyclic) bond motifs is 1. The molecular weight excluding hydrogens is 324 g/mol. The molecule has 0 unspecified atom stereocenters. The number of hydrogen-bond donors (Lipinski definition) is 1. The van der Waals surface area contributed by atoms with E-state index in [1.54, 1.807) is 0 Å². The number of carbonyl (C=O) groups is 1. The lowest BCUT2D eigenvalue weighted by Crippen LogP contribution is -3.06. The van der Waals surface area contributed by atoms with Crippen molar-refractivity contribution in [3.05, 3.63) is 70.8 Å². The largest absolute Gasteiger partial charge is 0.458 e. The highest BCUT2D eigenvalue weighted by Gasteiger charge is 2.58. The summed E-state index contributed by atoms with van der Waals surface area (Å²) in [5.41, 5.74) is 3.54. The van der Waals surface area contributed by atoms with Crippen LogP contribution in [-0.2, 0) is 9.53 Å². The Labute approximate surface area is 154 Å². The highest BCUT2D eigenvalue weighted by molar-refractivity contribution is 5.85. The average molecular weight is 347 g/mol. The van der Waals surface area contributed by atoms with Crippen LogP contribution in [0.15, 0.2) is 48.5 Å². The van der Waals surface area contributed by atoms with Crippen molar-refractivity contribution in [3.63, 3.8) is 0 Å². The first-order valence-electron chi connectivity index (χ1n) is 9.13. The molecule has 4 nitrogen and oxygen atoms in total. The summed E-state index contributed by atoms with van der Waals surface area (Å²) in [6.45, 7) is 1.07. The molecule has 26 heavy (non-hydrogen) atoms. The van der Waals surface area contributed by atoms with E-state index in [1.807, 2.05) is 38.4 Å². The van der Waals surface area contributed by atoms with E-state index in [1.165, 1.54) is 16.0 Å². The van der Waals surface area contributed by atoms with Crippen molar-refractivity contribution in [2.24, 2.45) is 5.41 Å². The Bertz CT molecular complexity index is 852. The number of hydrogen-bond acceptors (Lipinski definition) is 3. The van der Waals surface area contributed by atoms with E-state index in [2.05, 4.69) is 30.3 Å². The molecule has 2 aromatic rings. The smallest absolute Gasteiger partial charge is 0.327 e. The zero-order valence-corrected chi connectivity index (χ0v) is 15.2. The van der Waals surface area contributed by atoms with Crippen LogP contribution in [-0.4, -0.2) is 33.2 Å². The van der Waals surface area contributed by atoms with Gasteiger partial charge in [0.15, 0.2) is 5.41 Å². The van der Waals surface area contributed by atoms with Gasteiger partial charge in [0.05, 0.1) is 20.2 Å². The number of nitrogens with zero attached hydrogens (tertiary/aromatic N) is 1. The number of ether oxygens (including phenoxy) is 1. The van der Waals surface area contributed by atoms with Crippen molar-refractivity contribution < 1.29 is 14.4 Å². The second-order valence-corrected chi connectivity index (χ2v) is 7.62. The highest BCUT2D eigenvalue weighted by atomic mass is 16.5. The molecule has 0 aromatic heterocycles. The summed E-state index contributed by atoms with van der Waals surface area (Å²) in [6, 6.07) is 18.8. The Morgan fingerprint density at radius 1 is 1.12 bits per heavy atom. The molecule has 132 valence electrons. The number of benzene rings is 2. The molecule has 0 radical (unpaired) electrons. The molecule has 1 atom stereocenters. The van der Waals surface area contributed by atoms with Crippen LogP contribution in [0.2, 0.25) is 0 Å². The van der Waals surface area contributed by atoms with Crippen LogP contribution in [0, 0.1) is 16.7 Å². The SMILES string of the molecule is C[NH+](C)CCOC(=O)[C@@]1(C#N)CC2c3ccccc3C1c1ccccc12. The molecule has 0 fully saturated rings. The summed E-state index contributed by atoms with van der Waals surface area (Å²) in [4.78, 5) is 14.3. The van der Waals surface area contributed by atoms with Crippen molar-refractivity contribution in [1.29, 1.82) is 5.26 Å². The molecule has 0 aliphatic heterocycles. The first-order chi connectivity index (χ1) is 12.6. The number of esters is 1. The van der Waals surface area contributed by atoms with Crippen molar-refractivity contribution in [2.75, 3.05) is 27.2 Å². The van der Waals surface area contributed by atoms with Crippen molar-refractivity contribution in [1.82, 2.24) is 0 Å². The molecule has 3 aliphatic carbocycles. The minimum Gasteiger partial charge on any atom is -0.458 e. The molecule has 0 saturated carbocycles. The third kappa shape index (κ3) is 2.35. The van der Waals surface area contributed by atoms with Crippen molar-refractivity contribution in [2.45, 2.75) is 18.3 Å². The van der Waals surface area contributed by atoms with Gasteiger partial charge in [0, 0.05) is 11.8 Å². The van der Waals surface area contributed by atoms with Gasteiger partial charge in [-0.15, -0.1) is 0 Å². The highest BCUT2D eigenvalue weighted by Crippen LogP contribution is 2.61.